The summed E-state index contributed by atoms with van der Waals surface area (Å²) < 4.78 is 0. The zero-order chi connectivity index (χ0) is 21.9. The van der Waals surface area contributed by atoms with Crippen molar-refractivity contribution in [3.05, 3.63) is 46.0 Å². The summed E-state index contributed by atoms with van der Waals surface area (Å²) in [6.45, 7) is 18.9. The summed E-state index contributed by atoms with van der Waals surface area (Å²) in [7, 11) is 1.50. The van der Waals surface area contributed by atoms with Crippen LogP contribution in [0.15, 0.2) is 18.2 Å². The van der Waals surface area contributed by atoms with Crippen LogP contribution in [0.1, 0.15) is 82.2 Å². The van der Waals surface area contributed by atoms with E-state index >= 15 is 0 Å². The standard InChI is InChI=1S/C19H24.C4H10.C2H4O.CH5N/c1-5-15-11-17-8-12(2)9-18(17)14(4)19(15)10-13(3)16-6-7-16;1-4(2)3;1-2-3;1-2/h5,10-12,16H,1,6-9H2,2-4H3;4H,1-3H3;2H,1H3;2H2,1H3/b13-10+;;;. The van der Waals surface area contributed by atoms with E-state index in [4.69, 9.17) is 4.79 Å². The Morgan fingerprint density at radius 1 is 1.21 bits per heavy atom. The fourth-order valence-corrected chi connectivity index (χ4v) is 3.48. The number of carbonyl (C=O) groups is 1. The maximum absolute atomic E-state index is 8.81. The summed E-state index contributed by atoms with van der Waals surface area (Å²) in [6, 6.07) is 2.38. The highest BCUT2D eigenvalue weighted by atomic mass is 16.1. The number of benzene rings is 1. The molecule has 2 heteroatoms. The summed E-state index contributed by atoms with van der Waals surface area (Å²) in [5, 5.41) is 0. The smallest absolute Gasteiger partial charge is 0.116 e. The lowest BCUT2D eigenvalue weighted by atomic mass is 9.92. The van der Waals surface area contributed by atoms with Crippen molar-refractivity contribution in [2.45, 2.75) is 74.1 Å². The van der Waals surface area contributed by atoms with Gasteiger partial charge in [-0.3, -0.25) is 0 Å². The topological polar surface area (TPSA) is 43.1 Å². The van der Waals surface area contributed by atoms with Gasteiger partial charge < -0.3 is 10.5 Å². The summed E-state index contributed by atoms with van der Waals surface area (Å²) in [5.41, 5.74) is 13.5. The van der Waals surface area contributed by atoms with E-state index in [1.54, 1.807) is 16.7 Å². The number of rotatable bonds is 3. The van der Waals surface area contributed by atoms with Gasteiger partial charge in [-0.05, 0) is 99.1 Å². The maximum atomic E-state index is 8.81. The van der Waals surface area contributed by atoms with Crippen LogP contribution in [0.5, 0.6) is 0 Å². The molecule has 1 fully saturated rings. The van der Waals surface area contributed by atoms with Crippen LogP contribution in [0, 0.1) is 24.7 Å². The molecule has 0 bridgehead atoms. The zero-order valence-corrected chi connectivity index (χ0v) is 19.6. The van der Waals surface area contributed by atoms with E-state index in [1.165, 1.54) is 56.3 Å². The Balaban J connectivity index is 0.000000696. The van der Waals surface area contributed by atoms with Crippen LogP contribution in [-0.2, 0) is 17.6 Å². The molecule has 3 rings (SSSR count). The monoisotopic (exact) mass is 385 g/mol. The van der Waals surface area contributed by atoms with Crippen molar-refractivity contribution < 1.29 is 4.79 Å². The van der Waals surface area contributed by atoms with E-state index in [0.29, 0.717) is 0 Å². The van der Waals surface area contributed by atoms with Gasteiger partial charge in [0.15, 0.2) is 0 Å². The number of carbonyl (C=O) groups excluding carboxylic acids is 1. The Labute approximate surface area is 174 Å². The van der Waals surface area contributed by atoms with Crippen molar-refractivity contribution in [3.8, 4) is 0 Å². The van der Waals surface area contributed by atoms with E-state index in [9.17, 15) is 0 Å². The molecule has 2 nitrogen and oxygen atoms in total. The summed E-state index contributed by atoms with van der Waals surface area (Å²) in [6.07, 6.45) is 10.5. The number of aldehydes is 1. The number of hydrogen-bond acceptors (Lipinski definition) is 2. The van der Waals surface area contributed by atoms with Gasteiger partial charge in [0, 0.05) is 0 Å². The average Bonchev–Trinajstić information content (AvgIpc) is 3.41. The van der Waals surface area contributed by atoms with Gasteiger partial charge in [-0.25, -0.2) is 0 Å². The highest BCUT2D eigenvalue weighted by molar-refractivity contribution is 5.71. The molecule has 0 spiro atoms. The van der Waals surface area contributed by atoms with Gasteiger partial charge >= 0.3 is 0 Å². The van der Waals surface area contributed by atoms with Crippen molar-refractivity contribution in [1.82, 2.24) is 0 Å². The minimum Gasteiger partial charge on any atom is -0.333 e. The summed E-state index contributed by atoms with van der Waals surface area (Å²) in [4.78, 5) is 8.81. The molecule has 2 aliphatic carbocycles. The second-order valence-corrected chi connectivity index (χ2v) is 8.49. The molecule has 1 aromatic carbocycles. The fraction of sp³-hybridized carbons (Fsp3) is 0.577. The minimum absolute atomic E-state index is 0.750. The Kier molecular flexibility index (Phi) is 12.7. The van der Waals surface area contributed by atoms with Gasteiger partial charge in [0.1, 0.15) is 6.29 Å². The number of allylic oxidation sites excluding steroid dienone is 1. The van der Waals surface area contributed by atoms with E-state index in [0.717, 1.165) is 24.0 Å². The van der Waals surface area contributed by atoms with Crippen molar-refractivity contribution >= 4 is 18.4 Å². The molecule has 158 valence electrons. The molecular formula is C26H43NO. The lowest BCUT2D eigenvalue weighted by molar-refractivity contribution is -0.106. The molecule has 1 aromatic rings. The molecule has 2 aliphatic rings. The number of hydrogen-bond donors (Lipinski definition) is 1. The predicted molar refractivity (Wildman–Crippen MR) is 127 cm³/mol. The van der Waals surface area contributed by atoms with Gasteiger partial charge in [-0.1, -0.05) is 58.1 Å². The van der Waals surface area contributed by atoms with Gasteiger partial charge in [0.25, 0.3) is 0 Å². The van der Waals surface area contributed by atoms with Gasteiger partial charge in [-0.2, -0.15) is 0 Å². The molecular weight excluding hydrogens is 342 g/mol. The van der Waals surface area contributed by atoms with Crippen molar-refractivity contribution in [3.63, 3.8) is 0 Å². The third-order valence-corrected chi connectivity index (χ3v) is 4.82. The molecule has 1 saturated carbocycles. The van der Waals surface area contributed by atoms with Crippen LogP contribution >= 0.6 is 0 Å². The lowest BCUT2D eigenvalue weighted by Gasteiger charge is -2.13. The molecule has 0 saturated heterocycles. The highest BCUT2D eigenvalue weighted by Crippen LogP contribution is 2.39. The molecule has 0 aliphatic heterocycles. The SMILES string of the molecule is C=Cc1cc2c(c(C)c1/C=C(\C)C1CC1)CC(C)C2.CC(C)C.CC=O.CN. The van der Waals surface area contributed by atoms with Gasteiger partial charge in [0.2, 0.25) is 0 Å². The Bertz CT molecular complexity index is 648. The zero-order valence-electron chi connectivity index (χ0n) is 19.6. The molecule has 2 N–H and O–H groups in total. The molecule has 1 unspecified atom stereocenters. The van der Waals surface area contributed by atoms with Crippen LogP contribution in [0.2, 0.25) is 0 Å². The minimum atomic E-state index is 0.750. The van der Waals surface area contributed by atoms with Crippen LogP contribution in [0.25, 0.3) is 12.2 Å². The average molecular weight is 386 g/mol. The van der Waals surface area contributed by atoms with Crippen molar-refractivity contribution in [2.75, 3.05) is 7.05 Å². The Morgan fingerprint density at radius 2 is 1.71 bits per heavy atom. The quantitative estimate of drug-likeness (QED) is 0.593. The number of fused-ring (bicyclic) bond motifs is 1. The first-order chi connectivity index (χ1) is 13.2. The maximum Gasteiger partial charge on any atom is 0.116 e. The van der Waals surface area contributed by atoms with E-state index < -0.39 is 0 Å². The largest absolute Gasteiger partial charge is 0.333 e. The van der Waals surface area contributed by atoms with Crippen LogP contribution in [0.3, 0.4) is 0 Å². The summed E-state index contributed by atoms with van der Waals surface area (Å²) >= 11 is 0. The predicted octanol–water partition coefficient (Wildman–Crippen LogP) is 6.63. The third-order valence-electron chi connectivity index (χ3n) is 4.82. The first kappa shape index (κ1) is 26.3. The molecule has 0 amide bonds. The van der Waals surface area contributed by atoms with Crippen LogP contribution in [0.4, 0.5) is 0 Å². The first-order valence-electron chi connectivity index (χ1n) is 10.7. The molecule has 0 radical (unpaired) electrons. The van der Waals surface area contributed by atoms with Gasteiger partial charge in [-0.15, -0.1) is 0 Å². The first-order valence-corrected chi connectivity index (χ1v) is 10.7. The second kappa shape index (κ2) is 13.5. The van der Waals surface area contributed by atoms with E-state index in [-0.39, 0.29) is 0 Å². The van der Waals surface area contributed by atoms with Crippen molar-refractivity contribution in [2.24, 2.45) is 23.5 Å². The molecule has 1 atom stereocenters. The van der Waals surface area contributed by atoms with E-state index in [2.05, 4.69) is 66.0 Å². The van der Waals surface area contributed by atoms with Crippen LogP contribution < -0.4 is 5.73 Å². The number of nitrogens with two attached hydrogens (primary N) is 1. The fourth-order valence-electron chi connectivity index (χ4n) is 3.48. The third kappa shape index (κ3) is 8.56. The summed E-state index contributed by atoms with van der Waals surface area (Å²) in [5.74, 6) is 2.49. The molecule has 0 heterocycles. The van der Waals surface area contributed by atoms with Crippen LogP contribution in [-0.4, -0.2) is 13.3 Å². The Hall–Kier alpha value is -1.67. The molecule has 0 aromatic heterocycles. The van der Waals surface area contributed by atoms with Crippen molar-refractivity contribution in [1.29, 1.82) is 0 Å². The molecule has 28 heavy (non-hydrogen) atoms. The lowest BCUT2D eigenvalue weighted by Crippen LogP contribution is -1.96. The Morgan fingerprint density at radius 3 is 2.14 bits per heavy atom. The normalized spacial score (nSPS) is 17.2. The van der Waals surface area contributed by atoms with Gasteiger partial charge in [0.05, 0.1) is 0 Å². The van der Waals surface area contributed by atoms with E-state index in [1.807, 2.05) is 6.08 Å². The second-order valence-electron chi connectivity index (χ2n) is 8.49. The highest BCUT2D eigenvalue weighted by Gasteiger charge is 2.25.